The van der Waals surface area contributed by atoms with E-state index in [4.69, 9.17) is 18.6 Å². The van der Waals surface area contributed by atoms with Crippen molar-refractivity contribution >= 4 is 22.7 Å². The van der Waals surface area contributed by atoms with Crippen LogP contribution in [0.25, 0.3) is 33.4 Å². The summed E-state index contributed by atoms with van der Waals surface area (Å²) in [5.74, 6) is -1.67. The van der Waals surface area contributed by atoms with Crippen LogP contribution >= 0.6 is 0 Å². The van der Waals surface area contributed by atoms with Gasteiger partial charge < -0.3 is 18.6 Å². The number of esters is 1. The van der Waals surface area contributed by atoms with Gasteiger partial charge in [-0.05, 0) is 66.1 Å². The smallest absolute Gasteiger partial charge is 0.341 e. The van der Waals surface area contributed by atoms with E-state index in [0.717, 1.165) is 0 Å². The fourth-order valence-corrected chi connectivity index (χ4v) is 4.46. The highest BCUT2D eigenvalue weighted by molar-refractivity contribution is 6.13. The summed E-state index contributed by atoms with van der Waals surface area (Å²) in [5.41, 5.74) is 2.45. The molecule has 1 aromatic heterocycles. The molecule has 0 fully saturated rings. The number of carbonyl (C=O) groups is 2. The molecule has 0 aliphatic heterocycles. The Hall–Kier alpha value is -4.04. The topological polar surface area (TPSA) is 75.0 Å². The Morgan fingerprint density at radius 2 is 1.70 bits per heavy atom. The summed E-state index contributed by atoms with van der Waals surface area (Å²) in [7, 11) is 4.15. The van der Waals surface area contributed by atoms with Crippen LogP contribution in [0.4, 0.5) is 8.78 Å². The minimum absolute atomic E-state index is 0.0101. The van der Waals surface area contributed by atoms with Gasteiger partial charge in [0.05, 0.1) is 31.8 Å². The lowest BCUT2D eigenvalue weighted by molar-refractivity contribution is 0.0597. The third-order valence-electron chi connectivity index (χ3n) is 6.23. The number of hydrogen-bond acceptors (Lipinski definition) is 6. The van der Waals surface area contributed by atoms with E-state index < -0.39 is 17.6 Å². The number of ether oxygens (including phenoxy) is 3. The number of halogens is 2. The van der Waals surface area contributed by atoms with Crippen LogP contribution in [0.1, 0.15) is 45.2 Å². The van der Waals surface area contributed by atoms with Gasteiger partial charge in [-0.1, -0.05) is 6.92 Å². The number of benzene rings is 3. The van der Waals surface area contributed by atoms with E-state index in [1.165, 1.54) is 51.7 Å². The van der Waals surface area contributed by atoms with Gasteiger partial charge in [0.2, 0.25) is 0 Å². The van der Waals surface area contributed by atoms with Gasteiger partial charge in [-0.2, -0.15) is 0 Å². The van der Waals surface area contributed by atoms with E-state index in [2.05, 4.69) is 0 Å². The van der Waals surface area contributed by atoms with Crippen LogP contribution in [0, 0.1) is 18.6 Å². The van der Waals surface area contributed by atoms with Gasteiger partial charge in [0.15, 0.2) is 5.78 Å². The molecule has 0 amide bonds. The molecule has 0 N–H and O–H groups in total. The number of hydrogen-bond donors (Lipinski definition) is 0. The Bertz CT molecular complexity index is 1500. The number of ketones is 1. The second kappa shape index (κ2) is 10.5. The Labute approximate surface area is 212 Å². The molecule has 4 aromatic rings. The van der Waals surface area contributed by atoms with Crippen molar-refractivity contribution in [1.82, 2.24) is 0 Å². The van der Waals surface area contributed by atoms with E-state index >= 15 is 4.39 Å². The van der Waals surface area contributed by atoms with Gasteiger partial charge in [-0.15, -0.1) is 0 Å². The summed E-state index contributed by atoms with van der Waals surface area (Å²) in [6.07, 6.45) is 0.103. The Morgan fingerprint density at radius 1 is 1.00 bits per heavy atom. The molecule has 192 valence electrons. The van der Waals surface area contributed by atoms with Crippen LogP contribution in [-0.4, -0.2) is 33.1 Å². The van der Waals surface area contributed by atoms with Crippen molar-refractivity contribution in [2.45, 2.75) is 26.9 Å². The van der Waals surface area contributed by atoms with Crippen molar-refractivity contribution < 1.29 is 37.0 Å². The zero-order valence-electron chi connectivity index (χ0n) is 21.2. The second-order valence-electron chi connectivity index (χ2n) is 8.48. The molecule has 0 radical (unpaired) electrons. The minimum atomic E-state index is -0.692. The average molecular weight is 509 g/mol. The fraction of sp³-hybridized carbons (Fsp3) is 0.241. The SMILES string of the molecule is CCC(=O)c1c(-c2ccc(F)cc2)oc2cc(COC)c(-c3cc(C(=O)OC)c(OC)cc3C)c(F)c12. The van der Waals surface area contributed by atoms with Gasteiger partial charge >= 0.3 is 5.97 Å². The standard InChI is InChI=1S/C29H26F2O6/c1-6-21(32)25-26-23(37-28(25)16-7-9-18(30)10-8-16)12-17(14-34-3)24(27(26)31)19-13-20(29(33)36-5)22(35-4)11-15(19)2/h7-13H,6,14H2,1-5H3. The first-order valence-electron chi connectivity index (χ1n) is 11.6. The predicted molar refractivity (Wildman–Crippen MR) is 135 cm³/mol. The van der Waals surface area contributed by atoms with Gasteiger partial charge in [0.1, 0.15) is 34.3 Å². The molecule has 3 aromatic carbocycles. The molecule has 0 bridgehead atoms. The molecular weight excluding hydrogens is 482 g/mol. The van der Waals surface area contributed by atoms with Gasteiger partial charge in [-0.25, -0.2) is 13.6 Å². The zero-order valence-corrected chi connectivity index (χ0v) is 21.2. The van der Waals surface area contributed by atoms with Crippen LogP contribution < -0.4 is 4.74 Å². The lowest BCUT2D eigenvalue weighted by Gasteiger charge is -2.17. The maximum Gasteiger partial charge on any atom is 0.341 e. The Kier molecular flexibility index (Phi) is 7.40. The molecule has 37 heavy (non-hydrogen) atoms. The van der Waals surface area contributed by atoms with Crippen LogP contribution in [-0.2, 0) is 16.1 Å². The third kappa shape index (κ3) is 4.60. The van der Waals surface area contributed by atoms with Gasteiger partial charge in [0.25, 0.3) is 0 Å². The van der Waals surface area contributed by atoms with E-state index in [0.29, 0.717) is 22.3 Å². The lowest BCUT2D eigenvalue weighted by Crippen LogP contribution is -2.07. The molecule has 0 spiro atoms. The maximum absolute atomic E-state index is 16.6. The zero-order chi connectivity index (χ0) is 26.9. The molecule has 0 aliphatic rings. The summed E-state index contributed by atoms with van der Waals surface area (Å²) in [6, 6.07) is 10.2. The molecule has 0 atom stereocenters. The molecule has 8 heteroatoms. The molecule has 6 nitrogen and oxygen atoms in total. The quantitative estimate of drug-likeness (QED) is 0.191. The lowest BCUT2D eigenvalue weighted by atomic mass is 9.90. The summed E-state index contributed by atoms with van der Waals surface area (Å²) in [4.78, 5) is 25.5. The predicted octanol–water partition coefficient (Wildman–Crippen LogP) is 6.89. The molecule has 4 rings (SSSR count). The number of aryl methyl sites for hydroxylation is 1. The number of methoxy groups -OCH3 is 3. The summed E-state index contributed by atoms with van der Waals surface area (Å²) < 4.78 is 51.8. The first-order valence-corrected chi connectivity index (χ1v) is 11.6. The van der Waals surface area contributed by atoms with Crippen molar-refractivity contribution in [1.29, 1.82) is 0 Å². The monoisotopic (exact) mass is 508 g/mol. The molecule has 0 aliphatic carbocycles. The highest BCUT2D eigenvalue weighted by Crippen LogP contribution is 2.43. The van der Waals surface area contributed by atoms with E-state index in [1.807, 2.05) is 0 Å². The highest BCUT2D eigenvalue weighted by Gasteiger charge is 2.29. The fourth-order valence-electron chi connectivity index (χ4n) is 4.46. The first kappa shape index (κ1) is 26.0. The van der Waals surface area contributed by atoms with Crippen LogP contribution in [0.15, 0.2) is 46.9 Å². The average Bonchev–Trinajstić information content (AvgIpc) is 3.28. The van der Waals surface area contributed by atoms with E-state index in [-0.39, 0.29) is 58.0 Å². The van der Waals surface area contributed by atoms with Gasteiger partial charge in [0, 0.05) is 24.7 Å². The number of furan rings is 1. The molecular formula is C29H26F2O6. The van der Waals surface area contributed by atoms with E-state index in [9.17, 15) is 14.0 Å². The van der Waals surface area contributed by atoms with Crippen LogP contribution in [0.2, 0.25) is 0 Å². The van der Waals surface area contributed by atoms with Crippen molar-refractivity contribution in [3.05, 3.63) is 76.4 Å². The number of rotatable bonds is 8. The highest BCUT2D eigenvalue weighted by atomic mass is 19.1. The molecule has 1 heterocycles. The van der Waals surface area contributed by atoms with Crippen LogP contribution in [0.5, 0.6) is 5.75 Å². The summed E-state index contributed by atoms with van der Waals surface area (Å²) >= 11 is 0. The molecule has 0 unspecified atom stereocenters. The van der Waals surface area contributed by atoms with Crippen molar-refractivity contribution in [3.8, 4) is 28.2 Å². The normalized spacial score (nSPS) is 11.1. The number of Topliss-reactive ketones (excluding diaryl/α,β-unsaturated/α-hetero) is 1. The minimum Gasteiger partial charge on any atom is -0.496 e. The Balaban J connectivity index is 2.10. The third-order valence-corrected chi connectivity index (χ3v) is 6.23. The molecule has 0 saturated carbocycles. The number of fused-ring (bicyclic) bond motifs is 1. The molecule has 0 saturated heterocycles. The van der Waals surface area contributed by atoms with Crippen molar-refractivity contribution in [3.63, 3.8) is 0 Å². The van der Waals surface area contributed by atoms with Crippen molar-refractivity contribution in [2.75, 3.05) is 21.3 Å². The van der Waals surface area contributed by atoms with Gasteiger partial charge in [-0.3, -0.25) is 4.79 Å². The summed E-state index contributed by atoms with van der Waals surface area (Å²) in [5, 5.41) is 0.0101. The second-order valence-corrected chi connectivity index (χ2v) is 8.48. The van der Waals surface area contributed by atoms with Crippen molar-refractivity contribution in [2.24, 2.45) is 0 Å². The number of carbonyl (C=O) groups excluding carboxylic acids is 2. The Morgan fingerprint density at radius 3 is 2.30 bits per heavy atom. The van der Waals surface area contributed by atoms with E-state index in [1.54, 1.807) is 26.0 Å². The summed E-state index contributed by atoms with van der Waals surface area (Å²) in [6.45, 7) is 3.46. The first-order chi connectivity index (χ1) is 17.7. The van der Waals surface area contributed by atoms with Crippen LogP contribution in [0.3, 0.4) is 0 Å². The largest absolute Gasteiger partial charge is 0.496 e. The maximum atomic E-state index is 16.6.